The monoisotopic (exact) mass is 442 g/mol. The van der Waals surface area contributed by atoms with Crippen molar-refractivity contribution in [1.82, 2.24) is 19.8 Å². The van der Waals surface area contributed by atoms with Crippen LogP contribution in [0.25, 0.3) is 11.0 Å². The van der Waals surface area contributed by atoms with E-state index < -0.39 is 6.10 Å². The van der Waals surface area contributed by atoms with E-state index in [-0.39, 0.29) is 12.3 Å². The van der Waals surface area contributed by atoms with Gasteiger partial charge in [-0.05, 0) is 29.8 Å². The number of β-amino-alcohol motifs (C(OH)–C–C–N with tert-alkyl or cyclic N) is 1. The van der Waals surface area contributed by atoms with E-state index in [1.807, 2.05) is 41.0 Å². The first-order valence-electron chi connectivity index (χ1n) is 10.5. The number of aliphatic hydroxyl groups is 1. The van der Waals surface area contributed by atoms with E-state index in [1.165, 1.54) is 0 Å². The van der Waals surface area contributed by atoms with Gasteiger partial charge in [0.25, 0.3) is 0 Å². The summed E-state index contributed by atoms with van der Waals surface area (Å²) in [7, 11) is 0. The number of benzene rings is 2. The molecule has 0 radical (unpaired) electrons. The van der Waals surface area contributed by atoms with Crippen LogP contribution in [0.4, 0.5) is 0 Å². The van der Waals surface area contributed by atoms with Gasteiger partial charge in [0.05, 0.1) is 43.3 Å². The van der Waals surface area contributed by atoms with Crippen LogP contribution in [0, 0.1) is 0 Å². The predicted octanol–water partition coefficient (Wildman–Crippen LogP) is 2.24. The van der Waals surface area contributed by atoms with E-state index in [1.54, 1.807) is 12.1 Å². The summed E-state index contributed by atoms with van der Waals surface area (Å²) in [4.78, 5) is 19.5. The third kappa shape index (κ3) is 5.83. The van der Waals surface area contributed by atoms with E-state index in [4.69, 9.17) is 16.3 Å². The zero-order valence-corrected chi connectivity index (χ0v) is 18.1. The Morgan fingerprint density at radius 1 is 1.13 bits per heavy atom. The molecule has 4 rings (SSSR count). The number of imidazole rings is 1. The number of carbonyl (C=O) groups is 1. The number of para-hydroxylation sites is 2. The van der Waals surface area contributed by atoms with Crippen molar-refractivity contribution in [2.24, 2.45) is 0 Å². The van der Waals surface area contributed by atoms with Crippen molar-refractivity contribution in [2.45, 2.75) is 25.6 Å². The van der Waals surface area contributed by atoms with Crippen LogP contribution in [0.5, 0.6) is 0 Å². The number of nitrogens with zero attached hydrogens (tertiary/aromatic N) is 3. The van der Waals surface area contributed by atoms with Gasteiger partial charge in [-0.3, -0.25) is 9.69 Å². The van der Waals surface area contributed by atoms with Gasteiger partial charge in [0.15, 0.2) is 0 Å². The first kappa shape index (κ1) is 21.8. The maximum Gasteiger partial charge on any atom is 0.227 e. The summed E-state index contributed by atoms with van der Waals surface area (Å²) in [6, 6.07) is 15.2. The van der Waals surface area contributed by atoms with E-state index in [9.17, 15) is 9.90 Å². The molecule has 8 heteroatoms. The van der Waals surface area contributed by atoms with Crippen LogP contribution in [-0.2, 0) is 29.0 Å². The molecule has 1 unspecified atom stereocenters. The second kappa shape index (κ2) is 10.2. The Balaban J connectivity index is 1.43. The number of amides is 1. The average molecular weight is 443 g/mol. The predicted molar refractivity (Wildman–Crippen MR) is 120 cm³/mol. The number of morpholine rings is 1. The van der Waals surface area contributed by atoms with Crippen molar-refractivity contribution >= 4 is 28.5 Å². The van der Waals surface area contributed by atoms with Gasteiger partial charge in [-0.2, -0.15) is 0 Å². The molecule has 1 aromatic heterocycles. The molecule has 1 fully saturated rings. The Hall–Kier alpha value is -2.45. The van der Waals surface area contributed by atoms with Crippen LogP contribution >= 0.6 is 11.6 Å². The SMILES string of the molecule is O=C(Cc1nc2ccccc2n1CC(O)CN1CCOCC1)NCc1ccc(Cl)cc1. The van der Waals surface area contributed by atoms with Crippen molar-refractivity contribution in [2.75, 3.05) is 32.8 Å². The number of nitrogens with one attached hydrogen (secondary N) is 1. The Kier molecular flexibility index (Phi) is 7.19. The lowest BCUT2D eigenvalue weighted by molar-refractivity contribution is -0.120. The van der Waals surface area contributed by atoms with Crippen LogP contribution < -0.4 is 5.32 Å². The van der Waals surface area contributed by atoms with Gasteiger partial charge in [-0.1, -0.05) is 35.9 Å². The maximum absolute atomic E-state index is 12.6. The van der Waals surface area contributed by atoms with Crippen LogP contribution in [0.3, 0.4) is 0 Å². The Morgan fingerprint density at radius 2 is 1.87 bits per heavy atom. The smallest absolute Gasteiger partial charge is 0.227 e. The van der Waals surface area contributed by atoms with Crippen molar-refractivity contribution in [3.63, 3.8) is 0 Å². The normalized spacial score (nSPS) is 15.8. The van der Waals surface area contributed by atoms with E-state index in [0.717, 1.165) is 29.7 Å². The van der Waals surface area contributed by atoms with Crippen molar-refractivity contribution in [3.05, 3.63) is 64.9 Å². The van der Waals surface area contributed by atoms with Gasteiger partial charge in [-0.15, -0.1) is 0 Å². The lowest BCUT2D eigenvalue weighted by atomic mass is 10.2. The number of halogens is 1. The number of ether oxygens (including phenoxy) is 1. The zero-order valence-electron chi connectivity index (χ0n) is 17.3. The minimum atomic E-state index is -0.563. The van der Waals surface area contributed by atoms with Crippen molar-refractivity contribution in [1.29, 1.82) is 0 Å². The molecule has 2 heterocycles. The van der Waals surface area contributed by atoms with E-state index in [0.29, 0.717) is 43.7 Å². The molecular weight excluding hydrogens is 416 g/mol. The summed E-state index contributed by atoms with van der Waals surface area (Å²) < 4.78 is 7.34. The summed E-state index contributed by atoms with van der Waals surface area (Å²) >= 11 is 5.91. The molecule has 0 saturated carbocycles. The molecule has 164 valence electrons. The van der Waals surface area contributed by atoms with Crippen LogP contribution in [0.15, 0.2) is 48.5 Å². The second-order valence-corrected chi connectivity index (χ2v) is 8.21. The highest BCUT2D eigenvalue weighted by Crippen LogP contribution is 2.18. The Morgan fingerprint density at radius 3 is 2.65 bits per heavy atom. The highest BCUT2D eigenvalue weighted by molar-refractivity contribution is 6.30. The molecule has 1 amide bonds. The molecule has 1 atom stereocenters. The number of hydrogen-bond donors (Lipinski definition) is 2. The standard InChI is InChI=1S/C23H27ClN4O3/c24-18-7-5-17(6-8-18)14-25-23(30)13-22-26-20-3-1-2-4-21(20)28(22)16-19(29)15-27-9-11-31-12-10-27/h1-8,19,29H,9-16H2,(H,25,30). The minimum Gasteiger partial charge on any atom is -0.390 e. The Labute approximate surface area is 186 Å². The molecule has 2 aromatic carbocycles. The molecule has 7 nitrogen and oxygen atoms in total. The zero-order chi connectivity index (χ0) is 21.6. The number of rotatable bonds is 8. The largest absolute Gasteiger partial charge is 0.390 e. The first-order valence-corrected chi connectivity index (χ1v) is 10.9. The molecule has 0 spiro atoms. The molecule has 31 heavy (non-hydrogen) atoms. The number of aromatic nitrogens is 2. The molecule has 1 aliphatic rings. The quantitative estimate of drug-likeness (QED) is 0.559. The highest BCUT2D eigenvalue weighted by Gasteiger charge is 2.19. The topological polar surface area (TPSA) is 79.6 Å². The van der Waals surface area contributed by atoms with Gasteiger partial charge in [-0.25, -0.2) is 4.98 Å². The fourth-order valence-electron chi connectivity index (χ4n) is 3.82. The van der Waals surface area contributed by atoms with Crippen LogP contribution in [-0.4, -0.2) is 64.4 Å². The van der Waals surface area contributed by atoms with Crippen LogP contribution in [0.2, 0.25) is 5.02 Å². The van der Waals surface area contributed by atoms with Gasteiger partial charge >= 0.3 is 0 Å². The van der Waals surface area contributed by atoms with Gasteiger partial charge in [0.1, 0.15) is 5.82 Å². The second-order valence-electron chi connectivity index (χ2n) is 7.77. The average Bonchev–Trinajstić information content (AvgIpc) is 3.11. The van der Waals surface area contributed by atoms with Gasteiger partial charge in [0, 0.05) is 31.2 Å². The van der Waals surface area contributed by atoms with E-state index in [2.05, 4.69) is 15.2 Å². The maximum atomic E-state index is 12.6. The number of carbonyl (C=O) groups excluding carboxylic acids is 1. The van der Waals surface area contributed by atoms with Crippen molar-refractivity contribution in [3.8, 4) is 0 Å². The molecule has 1 aliphatic heterocycles. The van der Waals surface area contributed by atoms with Gasteiger partial charge < -0.3 is 19.7 Å². The third-order valence-corrected chi connectivity index (χ3v) is 5.67. The molecule has 1 saturated heterocycles. The lowest BCUT2D eigenvalue weighted by Crippen LogP contribution is -2.42. The molecule has 0 bridgehead atoms. The molecule has 3 aromatic rings. The summed E-state index contributed by atoms with van der Waals surface area (Å²) in [6.07, 6.45) is -0.418. The summed E-state index contributed by atoms with van der Waals surface area (Å²) in [6.45, 7) is 4.41. The fourth-order valence-corrected chi connectivity index (χ4v) is 3.95. The molecule has 0 aliphatic carbocycles. The number of aliphatic hydroxyl groups excluding tert-OH is 1. The molecular formula is C23H27ClN4O3. The highest BCUT2D eigenvalue weighted by atomic mass is 35.5. The fraction of sp³-hybridized carbons (Fsp3) is 0.391. The van der Waals surface area contributed by atoms with E-state index >= 15 is 0 Å². The minimum absolute atomic E-state index is 0.117. The number of fused-ring (bicyclic) bond motifs is 1. The summed E-state index contributed by atoms with van der Waals surface area (Å²) in [5.41, 5.74) is 2.72. The molecule has 2 N–H and O–H groups in total. The first-order chi connectivity index (χ1) is 15.1. The third-order valence-electron chi connectivity index (χ3n) is 5.42. The number of hydrogen-bond acceptors (Lipinski definition) is 5. The van der Waals surface area contributed by atoms with Gasteiger partial charge in [0.2, 0.25) is 5.91 Å². The summed E-state index contributed by atoms with van der Waals surface area (Å²) in [5.74, 6) is 0.532. The Bertz CT molecular complexity index is 1020. The van der Waals surface area contributed by atoms with Crippen molar-refractivity contribution < 1.29 is 14.6 Å². The summed E-state index contributed by atoms with van der Waals surface area (Å²) in [5, 5.41) is 14.3. The van der Waals surface area contributed by atoms with Crippen LogP contribution in [0.1, 0.15) is 11.4 Å². The lowest BCUT2D eigenvalue weighted by Gasteiger charge is -2.28.